The number of carbonyl (C=O) groups excluding carboxylic acids is 1. The maximum atomic E-state index is 12.4. The van der Waals surface area contributed by atoms with Gasteiger partial charge in [0.2, 0.25) is 0 Å². The Bertz CT molecular complexity index is 640. The zero-order chi connectivity index (χ0) is 15.2. The van der Waals surface area contributed by atoms with Gasteiger partial charge in [0.25, 0.3) is 5.91 Å². The number of rotatable bonds is 5. The summed E-state index contributed by atoms with van der Waals surface area (Å²) in [4.78, 5) is 12.4. The van der Waals surface area contributed by atoms with Gasteiger partial charge in [0.1, 0.15) is 0 Å². The third-order valence-electron chi connectivity index (χ3n) is 3.08. The van der Waals surface area contributed by atoms with Crippen LogP contribution in [0.3, 0.4) is 0 Å². The van der Waals surface area contributed by atoms with Crippen LogP contribution in [0.1, 0.15) is 15.9 Å². The van der Waals surface area contributed by atoms with E-state index in [9.17, 15) is 9.90 Å². The molecule has 0 heterocycles. The van der Waals surface area contributed by atoms with Crippen LogP contribution in [0.5, 0.6) is 11.5 Å². The summed E-state index contributed by atoms with van der Waals surface area (Å²) in [6.07, 6.45) is 0. The molecule has 0 saturated carbocycles. The SMILES string of the molecule is COc1cccc(C(=O)Nc2ccccc2CO)c1OC. The molecule has 0 radical (unpaired) electrons. The number of hydrogen-bond donors (Lipinski definition) is 2. The van der Waals surface area contributed by atoms with Gasteiger partial charge in [-0.3, -0.25) is 4.79 Å². The summed E-state index contributed by atoms with van der Waals surface area (Å²) in [6.45, 7) is -0.147. The van der Waals surface area contributed by atoms with Crippen molar-refractivity contribution in [2.24, 2.45) is 0 Å². The van der Waals surface area contributed by atoms with Gasteiger partial charge in [0.05, 0.1) is 26.4 Å². The first-order valence-corrected chi connectivity index (χ1v) is 6.42. The van der Waals surface area contributed by atoms with E-state index in [4.69, 9.17) is 9.47 Å². The molecule has 5 nitrogen and oxygen atoms in total. The third kappa shape index (κ3) is 3.14. The molecule has 0 saturated heterocycles. The summed E-state index contributed by atoms with van der Waals surface area (Å²) in [5, 5.41) is 12.1. The number of amides is 1. The van der Waals surface area contributed by atoms with Gasteiger partial charge in [-0.25, -0.2) is 0 Å². The fourth-order valence-electron chi connectivity index (χ4n) is 2.04. The molecule has 1 amide bonds. The van der Waals surface area contributed by atoms with Crippen LogP contribution in [0, 0.1) is 0 Å². The van der Waals surface area contributed by atoms with Gasteiger partial charge < -0.3 is 19.9 Å². The van der Waals surface area contributed by atoms with E-state index < -0.39 is 0 Å². The quantitative estimate of drug-likeness (QED) is 0.886. The lowest BCUT2D eigenvalue weighted by atomic mass is 10.1. The monoisotopic (exact) mass is 287 g/mol. The molecule has 21 heavy (non-hydrogen) atoms. The molecule has 0 unspecified atom stereocenters. The van der Waals surface area contributed by atoms with Crippen LogP contribution in [0.15, 0.2) is 42.5 Å². The normalized spacial score (nSPS) is 10.0. The van der Waals surface area contributed by atoms with E-state index in [0.29, 0.717) is 28.3 Å². The molecule has 2 aromatic rings. The fraction of sp³-hybridized carbons (Fsp3) is 0.188. The summed E-state index contributed by atoms with van der Waals surface area (Å²) in [6, 6.07) is 12.2. The average molecular weight is 287 g/mol. The van der Waals surface area contributed by atoms with Crippen LogP contribution in [-0.4, -0.2) is 25.2 Å². The van der Waals surface area contributed by atoms with E-state index in [1.54, 1.807) is 42.5 Å². The topological polar surface area (TPSA) is 67.8 Å². The Balaban J connectivity index is 2.33. The Morgan fingerprint density at radius 3 is 2.52 bits per heavy atom. The second-order valence-corrected chi connectivity index (χ2v) is 4.31. The highest BCUT2D eigenvalue weighted by atomic mass is 16.5. The maximum absolute atomic E-state index is 12.4. The van der Waals surface area contributed by atoms with Crippen molar-refractivity contribution in [3.05, 3.63) is 53.6 Å². The molecule has 0 bridgehead atoms. The second-order valence-electron chi connectivity index (χ2n) is 4.31. The van der Waals surface area contributed by atoms with Gasteiger partial charge in [-0.15, -0.1) is 0 Å². The number of anilines is 1. The molecule has 0 aliphatic heterocycles. The minimum Gasteiger partial charge on any atom is -0.493 e. The zero-order valence-electron chi connectivity index (χ0n) is 11.9. The lowest BCUT2D eigenvalue weighted by Crippen LogP contribution is -2.14. The number of aliphatic hydroxyl groups is 1. The molecule has 5 heteroatoms. The highest BCUT2D eigenvalue weighted by Crippen LogP contribution is 2.31. The number of nitrogens with one attached hydrogen (secondary N) is 1. The third-order valence-corrected chi connectivity index (χ3v) is 3.08. The number of hydrogen-bond acceptors (Lipinski definition) is 4. The van der Waals surface area contributed by atoms with Crippen molar-refractivity contribution in [3.8, 4) is 11.5 Å². The Labute approximate surface area is 123 Å². The van der Waals surface area contributed by atoms with E-state index in [-0.39, 0.29) is 12.5 Å². The number of benzene rings is 2. The molecule has 0 aromatic heterocycles. The number of aliphatic hydroxyl groups excluding tert-OH is 1. The largest absolute Gasteiger partial charge is 0.493 e. The summed E-state index contributed by atoms with van der Waals surface area (Å²) >= 11 is 0. The molecule has 0 atom stereocenters. The van der Waals surface area contributed by atoms with Crippen molar-refractivity contribution in [1.82, 2.24) is 0 Å². The van der Waals surface area contributed by atoms with Crippen molar-refractivity contribution >= 4 is 11.6 Å². The average Bonchev–Trinajstić information content (AvgIpc) is 2.54. The molecule has 2 aromatic carbocycles. The predicted octanol–water partition coefficient (Wildman–Crippen LogP) is 2.45. The van der Waals surface area contributed by atoms with Crippen LogP contribution < -0.4 is 14.8 Å². The number of carbonyl (C=O) groups is 1. The molecule has 0 aliphatic rings. The maximum Gasteiger partial charge on any atom is 0.259 e. The highest BCUT2D eigenvalue weighted by molar-refractivity contribution is 6.07. The minimum absolute atomic E-state index is 0.147. The Kier molecular flexibility index (Phi) is 4.79. The number of methoxy groups -OCH3 is 2. The van der Waals surface area contributed by atoms with Crippen LogP contribution in [0.25, 0.3) is 0 Å². The second kappa shape index (κ2) is 6.76. The van der Waals surface area contributed by atoms with E-state index in [1.807, 2.05) is 0 Å². The van der Waals surface area contributed by atoms with Gasteiger partial charge >= 0.3 is 0 Å². The van der Waals surface area contributed by atoms with Crippen molar-refractivity contribution in [3.63, 3.8) is 0 Å². The minimum atomic E-state index is -0.327. The van der Waals surface area contributed by atoms with E-state index in [1.165, 1.54) is 14.2 Å². The number of para-hydroxylation sites is 2. The zero-order valence-corrected chi connectivity index (χ0v) is 11.9. The van der Waals surface area contributed by atoms with Crippen molar-refractivity contribution in [1.29, 1.82) is 0 Å². The first kappa shape index (κ1) is 14.9. The molecular formula is C16H17NO4. The predicted molar refractivity (Wildman–Crippen MR) is 79.9 cm³/mol. The summed E-state index contributed by atoms with van der Waals surface area (Å²) in [5.74, 6) is 0.534. The Hall–Kier alpha value is -2.53. The molecule has 0 fully saturated rings. The van der Waals surface area contributed by atoms with Gasteiger partial charge in [-0.05, 0) is 18.2 Å². The standard InChI is InChI=1S/C16H17NO4/c1-20-14-9-5-7-12(15(14)21-2)16(19)17-13-8-4-3-6-11(13)10-18/h3-9,18H,10H2,1-2H3,(H,17,19). The lowest BCUT2D eigenvalue weighted by molar-refractivity contribution is 0.102. The smallest absolute Gasteiger partial charge is 0.259 e. The molecule has 110 valence electrons. The Morgan fingerprint density at radius 2 is 1.86 bits per heavy atom. The highest BCUT2D eigenvalue weighted by Gasteiger charge is 2.17. The summed E-state index contributed by atoms with van der Waals surface area (Å²) in [5.41, 5.74) is 1.58. The van der Waals surface area contributed by atoms with Crippen LogP contribution in [-0.2, 0) is 6.61 Å². The van der Waals surface area contributed by atoms with Crippen LogP contribution in [0.4, 0.5) is 5.69 Å². The fourth-order valence-corrected chi connectivity index (χ4v) is 2.04. The summed E-state index contributed by atoms with van der Waals surface area (Å²) in [7, 11) is 3.00. The van der Waals surface area contributed by atoms with Gasteiger partial charge in [0.15, 0.2) is 11.5 Å². The molecule has 0 aliphatic carbocycles. The van der Waals surface area contributed by atoms with Crippen molar-refractivity contribution < 1.29 is 19.4 Å². The Morgan fingerprint density at radius 1 is 1.10 bits per heavy atom. The number of ether oxygens (including phenoxy) is 2. The molecule has 2 rings (SSSR count). The summed E-state index contributed by atoms with van der Waals surface area (Å²) < 4.78 is 10.4. The van der Waals surface area contributed by atoms with Crippen LogP contribution >= 0.6 is 0 Å². The first-order valence-electron chi connectivity index (χ1n) is 6.42. The van der Waals surface area contributed by atoms with Gasteiger partial charge in [-0.2, -0.15) is 0 Å². The van der Waals surface area contributed by atoms with Gasteiger partial charge in [0, 0.05) is 11.3 Å². The van der Waals surface area contributed by atoms with Crippen molar-refractivity contribution in [2.45, 2.75) is 6.61 Å². The van der Waals surface area contributed by atoms with Crippen LogP contribution in [0.2, 0.25) is 0 Å². The molecular weight excluding hydrogens is 270 g/mol. The first-order chi connectivity index (χ1) is 10.2. The van der Waals surface area contributed by atoms with Crippen molar-refractivity contribution in [2.75, 3.05) is 19.5 Å². The van der Waals surface area contributed by atoms with E-state index >= 15 is 0 Å². The molecule has 2 N–H and O–H groups in total. The molecule has 0 spiro atoms. The van der Waals surface area contributed by atoms with E-state index in [2.05, 4.69) is 5.32 Å². The lowest BCUT2D eigenvalue weighted by Gasteiger charge is -2.13. The van der Waals surface area contributed by atoms with E-state index in [0.717, 1.165) is 0 Å². The van der Waals surface area contributed by atoms with Gasteiger partial charge in [-0.1, -0.05) is 24.3 Å².